The van der Waals surface area contributed by atoms with Gasteiger partial charge in [-0.1, -0.05) is 23.2 Å². The quantitative estimate of drug-likeness (QED) is 0.635. The Bertz CT molecular complexity index is 819. The number of benzene rings is 1. The molecule has 0 amide bonds. The minimum atomic E-state index is -0.461. The van der Waals surface area contributed by atoms with Gasteiger partial charge in [-0.2, -0.15) is 0 Å². The Kier molecular flexibility index (Phi) is 3.39. The van der Waals surface area contributed by atoms with E-state index < -0.39 is 5.82 Å². The zero-order valence-corrected chi connectivity index (χ0v) is 12.6. The van der Waals surface area contributed by atoms with Crippen LogP contribution in [0.1, 0.15) is 4.88 Å². The Morgan fingerprint density at radius 1 is 1.32 bits per heavy atom. The second-order valence-electron chi connectivity index (χ2n) is 4.01. The third-order valence-corrected chi connectivity index (χ3v) is 4.59. The van der Waals surface area contributed by atoms with Crippen LogP contribution in [-0.2, 0) is 6.54 Å². The van der Waals surface area contributed by atoms with E-state index in [0.717, 1.165) is 14.7 Å². The molecule has 2 heterocycles. The zero-order chi connectivity index (χ0) is 13.6. The highest BCUT2D eigenvalue weighted by Crippen LogP contribution is 2.26. The van der Waals surface area contributed by atoms with E-state index >= 15 is 0 Å². The standard InChI is InChI=1S/C12H7Cl2FN2S2/c13-7-3-10-9(4-8(7)15)16-12(18)17(10)5-6-1-2-11(14)19-6/h1-4H,5H2,(H,16,18). The molecule has 2 aromatic heterocycles. The Morgan fingerprint density at radius 3 is 2.79 bits per heavy atom. The fourth-order valence-electron chi connectivity index (χ4n) is 1.90. The first-order chi connectivity index (χ1) is 9.04. The lowest BCUT2D eigenvalue weighted by atomic mass is 10.3. The molecule has 0 unspecified atom stereocenters. The van der Waals surface area contributed by atoms with E-state index in [4.69, 9.17) is 35.4 Å². The molecule has 98 valence electrons. The van der Waals surface area contributed by atoms with Gasteiger partial charge in [0.25, 0.3) is 0 Å². The average molecular weight is 333 g/mol. The number of aromatic amines is 1. The number of nitrogens with one attached hydrogen (secondary N) is 1. The molecule has 19 heavy (non-hydrogen) atoms. The van der Waals surface area contributed by atoms with Crippen LogP contribution in [0.25, 0.3) is 11.0 Å². The molecule has 0 saturated heterocycles. The summed E-state index contributed by atoms with van der Waals surface area (Å²) in [5, 5.41) is 0.0828. The number of halogens is 3. The first kappa shape index (κ1) is 13.1. The molecule has 0 spiro atoms. The van der Waals surface area contributed by atoms with Gasteiger partial charge in [0.1, 0.15) is 5.82 Å². The minimum absolute atomic E-state index is 0.0828. The van der Waals surface area contributed by atoms with Gasteiger partial charge >= 0.3 is 0 Å². The molecule has 2 nitrogen and oxygen atoms in total. The van der Waals surface area contributed by atoms with Crippen LogP contribution in [0.2, 0.25) is 9.36 Å². The third-order valence-electron chi connectivity index (χ3n) is 2.76. The van der Waals surface area contributed by atoms with Crippen molar-refractivity contribution in [3.63, 3.8) is 0 Å². The van der Waals surface area contributed by atoms with Crippen molar-refractivity contribution in [3.05, 3.63) is 49.1 Å². The number of hydrogen-bond donors (Lipinski definition) is 1. The van der Waals surface area contributed by atoms with Crippen molar-refractivity contribution >= 4 is 57.8 Å². The fraction of sp³-hybridized carbons (Fsp3) is 0.0833. The molecule has 7 heteroatoms. The third kappa shape index (κ3) is 2.43. The highest BCUT2D eigenvalue weighted by molar-refractivity contribution is 7.71. The monoisotopic (exact) mass is 332 g/mol. The summed E-state index contributed by atoms with van der Waals surface area (Å²) in [5.41, 5.74) is 1.41. The summed E-state index contributed by atoms with van der Waals surface area (Å²) in [5.74, 6) is -0.461. The molecule has 0 aliphatic heterocycles. The summed E-state index contributed by atoms with van der Waals surface area (Å²) in [6.07, 6.45) is 0. The highest BCUT2D eigenvalue weighted by Gasteiger charge is 2.10. The van der Waals surface area contributed by atoms with E-state index in [1.165, 1.54) is 17.4 Å². The first-order valence-electron chi connectivity index (χ1n) is 5.36. The van der Waals surface area contributed by atoms with Crippen LogP contribution >= 0.6 is 46.8 Å². The largest absolute Gasteiger partial charge is 0.330 e. The SMILES string of the molecule is Fc1cc2[nH]c(=S)n(Cc3ccc(Cl)s3)c2cc1Cl. The maximum atomic E-state index is 13.4. The number of thiophene rings is 1. The average Bonchev–Trinajstić information content (AvgIpc) is 2.87. The molecule has 0 aliphatic rings. The number of aromatic nitrogens is 2. The lowest BCUT2D eigenvalue weighted by Crippen LogP contribution is -1.97. The topological polar surface area (TPSA) is 20.7 Å². The second-order valence-corrected chi connectivity index (χ2v) is 6.60. The molecule has 1 N–H and O–H groups in total. The number of imidazole rings is 1. The molecule has 3 aromatic rings. The maximum Gasteiger partial charge on any atom is 0.178 e. The normalized spacial score (nSPS) is 11.3. The molecule has 0 radical (unpaired) electrons. The summed E-state index contributed by atoms with van der Waals surface area (Å²) in [6, 6.07) is 6.71. The van der Waals surface area contributed by atoms with E-state index in [9.17, 15) is 4.39 Å². The van der Waals surface area contributed by atoms with Gasteiger partial charge in [0.15, 0.2) is 4.77 Å². The highest BCUT2D eigenvalue weighted by atomic mass is 35.5. The van der Waals surface area contributed by atoms with Gasteiger partial charge < -0.3 is 9.55 Å². The van der Waals surface area contributed by atoms with Crippen LogP contribution in [0.5, 0.6) is 0 Å². The molecule has 3 rings (SSSR count). The number of nitrogens with zero attached hydrogens (tertiary/aromatic N) is 1. The van der Waals surface area contributed by atoms with Crippen LogP contribution in [0.4, 0.5) is 4.39 Å². The fourth-order valence-corrected chi connectivity index (χ4v) is 3.41. The van der Waals surface area contributed by atoms with Crippen molar-refractivity contribution in [2.24, 2.45) is 0 Å². The molecule has 0 saturated carbocycles. The smallest absolute Gasteiger partial charge is 0.178 e. The Hall–Kier alpha value is -0.880. The lowest BCUT2D eigenvalue weighted by Gasteiger charge is -2.03. The first-order valence-corrected chi connectivity index (χ1v) is 7.34. The van der Waals surface area contributed by atoms with Crippen LogP contribution in [-0.4, -0.2) is 9.55 Å². The second kappa shape index (κ2) is 4.90. The summed E-state index contributed by atoms with van der Waals surface area (Å²) >= 11 is 18.5. The number of H-pyrrole nitrogens is 1. The van der Waals surface area contributed by atoms with Crippen molar-refractivity contribution in [2.75, 3.05) is 0 Å². The van der Waals surface area contributed by atoms with E-state index in [0.29, 0.717) is 16.8 Å². The Labute approximate surface area is 127 Å². The molecular formula is C12H7Cl2FN2S2. The van der Waals surface area contributed by atoms with Crippen molar-refractivity contribution in [3.8, 4) is 0 Å². The summed E-state index contributed by atoms with van der Waals surface area (Å²) in [7, 11) is 0. The van der Waals surface area contributed by atoms with Crippen LogP contribution in [0.3, 0.4) is 0 Å². The zero-order valence-electron chi connectivity index (χ0n) is 9.41. The van der Waals surface area contributed by atoms with E-state index in [-0.39, 0.29) is 5.02 Å². The van der Waals surface area contributed by atoms with Gasteiger partial charge in [0.2, 0.25) is 0 Å². The Morgan fingerprint density at radius 2 is 2.11 bits per heavy atom. The van der Waals surface area contributed by atoms with E-state index in [1.54, 1.807) is 6.07 Å². The van der Waals surface area contributed by atoms with Crippen LogP contribution < -0.4 is 0 Å². The van der Waals surface area contributed by atoms with Gasteiger partial charge in [-0.25, -0.2) is 4.39 Å². The minimum Gasteiger partial charge on any atom is -0.330 e. The van der Waals surface area contributed by atoms with Crippen molar-refractivity contribution in [1.29, 1.82) is 0 Å². The maximum absolute atomic E-state index is 13.4. The van der Waals surface area contributed by atoms with Gasteiger partial charge in [-0.05, 0) is 30.4 Å². The predicted molar refractivity (Wildman–Crippen MR) is 80.5 cm³/mol. The Balaban J connectivity index is 2.15. The van der Waals surface area contributed by atoms with Crippen molar-refractivity contribution in [2.45, 2.75) is 6.54 Å². The molecule has 0 fully saturated rings. The van der Waals surface area contributed by atoms with E-state index in [2.05, 4.69) is 4.98 Å². The molecular weight excluding hydrogens is 326 g/mol. The summed E-state index contributed by atoms with van der Waals surface area (Å²) in [4.78, 5) is 4.04. The summed E-state index contributed by atoms with van der Waals surface area (Å²) in [6.45, 7) is 0.582. The van der Waals surface area contributed by atoms with Gasteiger partial charge in [-0.15, -0.1) is 11.3 Å². The van der Waals surface area contributed by atoms with Crippen molar-refractivity contribution < 1.29 is 4.39 Å². The van der Waals surface area contributed by atoms with Gasteiger partial charge in [-0.3, -0.25) is 0 Å². The molecule has 1 aromatic carbocycles. The molecule has 0 atom stereocenters. The van der Waals surface area contributed by atoms with E-state index in [1.807, 2.05) is 16.7 Å². The van der Waals surface area contributed by atoms with Gasteiger partial charge in [0.05, 0.1) is 26.9 Å². The van der Waals surface area contributed by atoms with Crippen molar-refractivity contribution in [1.82, 2.24) is 9.55 Å². The number of hydrogen-bond acceptors (Lipinski definition) is 2. The molecule has 0 aliphatic carbocycles. The van der Waals surface area contributed by atoms with Gasteiger partial charge in [0, 0.05) is 10.9 Å². The number of fused-ring (bicyclic) bond motifs is 1. The lowest BCUT2D eigenvalue weighted by molar-refractivity contribution is 0.629. The van der Waals surface area contributed by atoms with Crippen LogP contribution in [0, 0.1) is 10.6 Å². The summed E-state index contributed by atoms with van der Waals surface area (Å²) < 4.78 is 16.5. The molecule has 0 bridgehead atoms. The van der Waals surface area contributed by atoms with Crippen LogP contribution in [0.15, 0.2) is 24.3 Å². The number of rotatable bonds is 2. The predicted octanol–water partition coefficient (Wildman–Crippen LogP) is 5.25.